The first-order valence-corrected chi connectivity index (χ1v) is 13.1. The summed E-state index contributed by atoms with van der Waals surface area (Å²) in [6.07, 6.45) is 5.48. The van der Waals surface area contributed by atoms with E-state index < -0.39 is 28.7 Å². The van der Waals surface area contributed by atoms with E-state index in [1.165, 1.54) is 0 Å². The maximum Gasteiger partial charge on any atom is 0.195 e. The molecule has 1 spiro atoms. The Bertz CT molecular complexity index is 766. The number of hydrogen-bond donors (Lipinski definition) is 2. The smallest absolute Gasteiger partial charge is 0.195 e. The molecule has 182 valence electrons. The van der Waals surface area contributed by atoms with Crippen molar-refractivity contribution in [1.82, 2.24) is 0 Å². The van der Waals surface area contributed by atoms with Crippen LogP contribution in [-0.4, -0.2) is 65.3 Å². The minimum atomic E-state index is -1.10. The minimum absolute atomic E-state index is 0.0540. The van der Waals surface area contributed by atoms with Crippen LogP contribution in [0.3, 0.4) is 0 Å². The molecule has 6 aliphatic rings. The standard InChI is InChI=1S/C25H39ClO6/c1-21-8-9-24(31-12-13-32-24)20(26)17(21)5-4-15-16-6-7-25(28,23(3)29-10-11-30-23)22(16,2)14-18(27)19(15)21/h15-20,27-28H,4-14H2,1-3H3/t15-,16+,17-,18+,19+,20+,21-,22-,25+/m0/s1. The van der Waals surface area contributed by atoms with E-state index >= 15 is 0 Å². The molecular formula is C25H39ClO6. The van der Waals surface area contributed by atoms with Gasteiger partial charge in [-0.25, -0.2) is 0 Å². The molecule has 32 heavy (non-hydrogen) atoms. The monoisotopic (exact) mass is 470 g/mol. The maximum absolute atomic E-state index is 12.1. The third-order valence-corrected chi connectivity index (χ3v) is 11.8. The van der Waals surface area contributed by atoms with E-state index in [1.54, 1.807) is 0 Å². The van der Waals surface area contributed by atoms with Gasteiger partial charge in [0, 0.05) is 11.8 Å². The van der Waals surface area contributed by atoms with E-state index in [9.17, 15) is 10.2 Å². The van der Waals surface area contributed by atoms with Crippen LogP contribution in [0.15, 0.2) is 0 Å². The molecule has 6 nitrogen and oxygen atoms in total. The molecule has 6 rings (SSSR count). The summed E-state index contributed by atoms with van der Waals surface area (Å²) in [6.45, 7) is 8.67. The maximum atomic E-state index is 12.1. The number of aliphatic hydroxyl groups excluding tert-OH is 1. The molecule has 0 aromatic rings. The minimum Gasteiger partial charge on any atom is -0.393 e. The molecule has 9 atom stereocenters. The second-order valence-corrected chi connectivity index (χ2v) is 12.6. The van der Waals surface area contributed by atoms with Gasteiger partial charge in [-0.3, -0.25) is 0 Å². The molecule has 6 fully saturated rings. The SMILES string of the molecule is CC1([C@@]2(O)CC[C@@H]3[C@@H]4CC[C@H]5[C@@H](Cl)C6(CC[C@]5(C)[C@H]4[C@H](O)C[C@@]32C)OCCO6)OCCO1. The number of ether oxygens (including phenoxy) is 4. The second kappa shape index (κ2) is 7.05. The largest absolute Gasteiger partial charge is 0.393 e. The van der Waals surface area contributed by atoms with Gasteiger partial charge in [0.2, 0.25) is 0 Å². The first-order valence-electron chi connectivity index (χ1n) is 12.7. The Morgan fingerprint density at radius 2 is 1.47 bits per heavy atom. The van der Waals surface area contributed by atoms with E-state index in [1.807, 2.05) is 6.92 Å². The number of fused-ring (bicyclic) bond motifs is 5. The van der Waals surface area contributed by atoms with Crippen molar-refractivity contribution in [3.63, 3.8) is 0 Å². The van der Waals surface area contributed by atoms with Gasteiger partial charge in [-0.15, -0.1) is 11.6 Å². The van der Waals surface area contributed by atoms with Crippen molar-refractivity contribution in [3.05, 3.63) is 0 Å². The third kappa shape index (κ3) is 2.58. The van der Waals surface area contributed by atoms with Crippen LogP contribution >= 0.6 is 11.6 Å². The van der Waals surface area contributed by atoms with Gasteiger partial charge in [-0.1, -0.05) is 13.8 Å². The Morgan fingerprint density at radius 3 is 2.16 bits per heavy atom. The highest BCUT2D eigenvalue weighted by molar-refractivity contribution is 6.21. The third-order valence-electron chi connectivity index (χ3n) is 11.2. The van der Waals surface area contributed by atoms with Crippen molar-refractivity contribution < 1.29 is 29.2 Å². The van der Waals surface area contributed by atoms with E-state index in [0.29, 0.717) is 51.1 Å². The lowest BCUT2D eigenvalue weighted by molar-refractivity contribution is -0.309. The summed E-state index contributed by atoms with van der Waals surface area (Å²) < 4.78 is 24.1. The van der Waals surface area contributed by atoms with Crippen LogP contribution in [0.4, 0.5) is 0 Å². The highest BCUT2D eigenvalue weighted by Crippen LogP contribution is 2.71. The molecule has 2 saturated heterocycles. The molecule has 2 heterocycles. The Hall–Kier alpha value is 0.0500. The highest BCUT2D eigenvalue weighted by atomic mass is 35.5. The van der Waals surface area contributed by atoms with Crippen LogP contribution in [0, 0.1) is 34.5 Å². The first-order chi connectivity index (χ1) is 15.1. The number of aliphatic hydroxyl groups is 2. The van der Waals surface area contributed by atoms with Crippen molar-refractivity contribution in [2.24, 2.45) is 34.5 Å². The van der Waals surface area contributed by atoms with Gasteiger partial charge in [0.25, 0.3) is 0 Å². The molecule has 0 radical (unpaired) electrons. The Morgan fingerprint density at radius 1 is 0.812 bits per heavy atom. The molecule has 4 saturated carbocycles. The number of hydrogen-bond acceptors (Lipinski definition) is 6. The predicted molar refractivity (Wildman–Crippen MR) is 118 cm³/mol. The molecule has 0 aromatic carbocycles. The van der Waals surface area contributed by atoms with Crippen LogP contribution in [0.25, 0.3) is 0 Å². The predicted octanol–water partition coefficient (Wildman–Crippen LogP) is 3.45. The van der Waals surface area contributed by atoms with Crippen LogP contribution in [0.2, 0.25) is 0 Å². The second-order valence-electron chi connectivity index (χ2n) is 12.1. The summed E-state index contributed by atoms with van der Waals surface area (Å²) in [5, 5.41) is 23.6. The van der Waals surface area contributed by atoms with Crippen molar-refractivity contribution in [3.8, 4) is 0 Å². The van der Waals surface area contributed by atoms with Gasteiger partial charge in [0.15, 0.2) is 11.6 Å². The van der Waals surface area contributed by atoms with Gasteiger partial charge in [-0.05, 0) is 74.5 Å². The van der Waals surface area contributed by atoms with Gasteiger partial charge in [-0.2, -0.15) is 0 Å². The fraction of sp³-hybridized carbons (Fsp3) is 1.00. The quantitative estimate of drug-likeness (QED) is 0.571. The molecule has 0 unspecified atom stereocenters. The molecule has 0 amide bonds. The summed E-state index contributed by atoms with van der Waals surface area (Å²) in [4.78, 5) is 0. The fourth-order valence-corrected chi connectivity index (χ4v) is 10.3. The Labute approximate surface area is 196 Å². The molecule has 0 bridgehead atoms. The lowest BCUT2D eigenvalue weighted by Crippen LogP contribution is -2.68. The van der Waals surface area contributed by atoms with Gasteiger partial charge >= 0.3 is 0 Å². The van der Waals surface area contributed by atoms with E-state index in [4.69, 9.17) is 30.5 Å². The van der Waals surface area contributed by atoms with E-state index in [0.717, 1.165) is 32.1 Å². The highest BCUT2D eigenvalue weighted by Gasteiger charge is 2.73. The summed E-state index contributed by atoms with van der Waals surface area (Å²) in [7, 11) is 0. The summed E-state index contributed by atoms with van der Waals surface area (Å²) in [5.74, 6) is -0.499. The molecule has 0 aromatic heterocycles. The summed E-state index contributed by atoms with van der Waals surface area (Å²) in [6, 6.07) is 0. The van der Waals surface area contributed by atoms with E-state index in [-0.39, 0.29) is 22.6 Å². The first kappa shape index (κ1) is 22.5. The van der Waals surface area contributed by atoms with Crippen molar-refractivity contribution in [2.75, 3.05) is 26.4 Å². The van der Waals surface area contributed by atoms with Crippen molar-refractivity contribution in [2.45, 2.75) is 94.4 Å². The zero-order chi connectivity index (χ0) is 22.6. The molecule has 7 heteroatoms. The number of halogens is 1. The van der Waals surface area contributed by atoms with E-state index in [2.05, 4.69) is 13.8 Å². The zero-order valence-corrected chi connectivity index (χ0v) is 20.4. The zero-order valence-electron chi connectivity index (χ0n) is 19.6. The van der Waals surface area contributed by atoms with Crippen LogP contribution < -0.4 is 0 Å². The van der Waals surface area contributed by atoms with Gasteiger partial charge in [0.1, 0.15) is 5.60 Å². The normalized spacial score (nSPS) is 56.1. The Kier molecular flexibility index (Phi) is 4.96. The molecule has 2 N–H and O–H groups in total. The van der Waals surface area contributed by atoms with Crippen molar-refractivity contribution in [1.29, 1.82) is 0 Å². The average Bonchev–Trinajstić information content (AvgIpc) is 3.46. The summed E-state index contributed by atoms with van der Waals surface area (Å²) in [5.41, 5.74) is -1.59. The number of alkyl halides is 1. The Balaban J connectivity index is 1.33. The lowest BCUT2D eigenvalue weighted by atomic mass is 9.43. The average molecular weight is 471 g/mol. The molecular weight excluding hydrogens is 432 g/mol. The summed E-state index contributed by atoms with van der Waals surface area (Å²) >= 11 is 7.11. The van der Waals surface area contributed by atoms with Crippen LogP contribution in [-0.2, 0) is 18.9 Å². The van der Waals surface area contributed by atoms with Crippen LogP contribution in [0.5, 0.6) is 0 Å². The molecule has 4 aliphatic carbocycles. The fourth-order valence-electron chi connectivity index (χ4n) is 9.63. The van der Waals surface area contributed by atoms with Gasteiger partial charge < -0.3 is 29.2 Å². The molecule has 2 aliphatic heterocycles. The topological polar surface area (TPSA) is 77.4 Å². The van der Waals surface area contributed by atoms with Gasteiger partial charge in [0.05, 0.1) is 37.9 Å². The van der Waals surface area contributed by atoms with Crippen LogP contribution in [0.1, 0.15) is 65.7 Å². The lowest BCUT2D eigenvalue weighted by Gasteiger charge is -2.65. The van der Waals surface area contributed by atoms with Crippen molar-refractivity contribution >= 4 is 11.6 Å². The number of rotatable bonds is 1.